The van der Waals surface area contributed by atoms with Crippen molar-refractivity contribution in [3.63, 3.8) is 0 Å². The summed E-state index contributed by atoms with van der Waals surface area (Å²) in [5.41, 5.74) is 8.36. The third-order valence-corrected chi connectivity index (χ3v) is 5.37. The zero-order valence-corrected chi connectivity index (χ0v) is 13.3. The molecule has 0 unspecified atom stereocenters. The lowest BCUT2D eigenvalue weighted by Gasteiger charge is -2.21. The van der Waals surface area contributed by atoms with Crippen LogP contribution in [-0.4, -0.2) is 39.3 Å². The molecular formula is C13H21N3O3S. The van der Waals surface area contributed by atoms with Crippen molar-refractivity contribution in [2.75, 3.05) is 26.4 Å². The van der Waals surface area contributed by atoms with Crippen molar-refractivity contribution in [3.8, 4) is 0 Å². The molecule has 0 aliphatic rings. The second kappa shape index (κ2) is 5.80. The van der Waals surface area contributed by atoms with Gasteiger partial charge in [0.15, 0.2) is 0 Å². The average Bonchev–Trinajstić information content (AvgIpc) is 2.35. The number of carbonyl (C=O) groups excluding carboxylic acids is 1. The Kier molecular flexibility index (Phi) is 4.77. The van der Waals surface area contributed by atoms with E-state index < -0.39 is 10.0 Å². The minimum Gasteiger partial charge on any atom is -0.398 e. The van der Waals surface area contributed by atoms with Crippen LogP contribution in [0.2, 0.25) is 0 Å². The molecule has 6 nitrogen and oxygen atoms in total. The Morgan fingerprint density at radius 3 is 2.35 bits per heavy atom. The van der Waals surface area contributed by atoms with E-state index in [1.807, 2.05) is 6.92 Å². The monoisotopic (exact) mass is 299 g/mol. The van der Waals surface area contributed by atoms with Gasteiger partial charge in [-0.1, -0.05) is 6.07 Å². The summed E-state index contributed by atoms with van der Waals surface area (Å²) in [5.74, 6) is -0.369. The average molecular weight is 299 g/mol. The van der Waals surface area contributed by atoms with Crippen LogP contribution in [0.15, 0.2) is 11.0 Å². The molecule has 20 heavy (non-hydrogen) atoms. The lowest BCUT2D eigenvalue weighted by atomic mass is 10.1. The van der Waals surface area contributed by atoms with Crippen molar-refractivity contribution in [1.82, 2.24) is 9.62 Å². The summed E-state index contributed by atoms with van der Waals surface area (Å²) in [6.45, 7) is 5.00. The Morgan fingerprint density at radius 2 is 1.85 bits per heavy atom. The number of hydrogen-bond acceptors (Lipinski definition) is 4. The van der Waals surface area contributed by atoms with Crippen LogP contribution in [0.25, 0.3) is 0 Å². The van der Waals surface area contributed by atoms with Crippen LogP contribution in [0.1, 0.15) is 16.7 Å². The normalized spacial score (nSPS) is 11.7. The quantitative estimate of drug-likeness (QED) is 0.795. The van der Waals surface area contributed by atoms with E-state index in [4.69, 9.17) is 5.73 Å². The number of rotatable bonds is 4. The molecule has 1 rings (SSSR count). The highest BCUT2D eigenvalue weighted by atomic mass is 32.2. The van der Waals surface area contributed by atoms with Gasteiger partial charge in [-0.3, -0.25) is 4.79 Å². The van der Waals surface area contributed by atoms with Crippen LogP contribution in [0.3, 0.4) is 0 Å². The largest absolute Gasteiger partial charge is 0.398 e. The van der Waals surface area contributed by atoms with Gasteiger partial charge in [-0.15, -0.1) is 0 Å². The topological polar surface area (TPSA) is 92.5 Å². The molecule has 0 radical (unpaired) electrons. The fraction of sp³-hybridized carbons (Fsp3) is 0.462. The van der Waals surface area contributed by atoms with Crippen LogP contribution >= 0.6 is 0 Å². The first-order chi connectivity index (χ1) is 9.12. The van der Waals surface area contributed by atoms with E-state index in [2.05, 4.69) is 5.32 Å². The fourth-order valence-electron chi connectivity index (χ4n) is 2.10. The first-order valence-electron chi connectivity index (χ1n) is 6.16. The fourth-order valence-corrected chi connectivity index (χ4v) is 3.66. The highest BCUT2D eigenvalue weighted by molar-refractivity contribution is 7.89. The minimum atomic E-state index is -3.75. The minimum absolute atomic E-state index is 0.173. The number of nitrogen functional groups attached to an aromatic ring is 1. The van der Waals surface area contributed by atoms with Crippen LogP contribution in [0.5, 0.6) is 0 Å². The van der Waals surface area contributed by atoms with Gasteiger partial charge >= 0.3 is 0 Å². The van der Waals surface area contributed by atoms with Crippen LogP contribution in [0, 0.1) is 20.8 Å². The van der Waals surface area contributed by atoms with Crippen LogP contribution < -0.4 is 11.1 Å². The zero-order valence-electron chi connectivity index (χ0n) is 12.4. The molecule has 0 atom stereocenters. The second-order valence-corrected chi connectivity index (χ2v) is 6.79. The standard InChI is InChI=1S/C13H21N3O3S/c1-8-6-9(2)13(10(3)12(8)14)20(18,19)16(5)7-11(17)15-4/h6H,7,14H2,1-5H3,(H,15,17). The molecule has 0 saturated carbocycles. The second-order valence-electron chi connectivity index (χ2n) is 4.81. The summed E-state index contributed by atoms with van der Waals surface area (Å²) >= 11 is 0. The molecule has 0 aliphatic carbocycles. The number of anilines is 1. The molecule has 1 aromatic rings. The van der Waals surface area contributed by atoms with Crippen molar-refractivity contribution in [2.24, 2.45) is 0 Å². The highest BCUT2D eigenvalue weighted by Crippen LogP contribution is 2.29. The number of sulfonamides is 1. The molecule has 1 amide bonds. The van der Waals surface area contributed by atoms with Crippen molar-refractivity contribution in [3.05, 3.63) is 22.8 Å². The molecule has 0 fully saturated rings. The maximum absolute atomic E-state index is 12.6. The third kappa shape index (κ3) is 2.94. The predicted molar refractivity (Wildman–Crippen MR) is 78.9 cm³/mol. The van der Waals surface area contributed by atoms with Gasteiger partial charge in [-0.25, -0.2) is 8.42 Å². The Bertz CT molecular complexity index is 639. The molecule has 1 aromatic carbocycles. The van der Waals surface area contributed by atoms with E-state index in [1.54, 1.807) is 19.9 Å². The van der Waals surface area contributed by atoms with Gasteiger partial charge in [0.1, 0.15) is 0 Å². The van der Waals surface area contributed by atoms with E-state index in [1.165, 1.54) is 14.1 Å². The number of nitrogens with two attached hydrogens (primary N) is 1. The number of benzene rings is 1. The van der Waals surface area contributed by atoms with Crippen molar-refractivity contribution >= 4 is 21.6 Å². The smallest absolute Gasteiger partial charge is 0.243 e. The van der Waals surface area contributed by atoms with E-state index in [0.717, 1.165) is 9.87 Å². The van der Waals surface area contributed by atoms with Crippen molar-refractivity contribution in [2.45, 2.75) is 25.7 Å². The summed E-state index contributed by atoms with van der Waals surface area (Å²) < 4.78 is 26.2. The molecule has 0 bridgehead atoms. The molecule has 0 heterocycles. The molecule has 112 valence electrons. The maximum Gasteiger partial charge on any atom is 0.243 e. The predicted octanol–water partition coefficient (Wildman–Crippen LogP) is 0.561. The lowest BCUT2D eigenvalue weighted by molar-refractivity contribution is -0.120. The van der Waals surface area contributed by atoms with E-state index in [0.29, 0.717) is 16.8 Å². The maximum atomic E-state index is 12.6. The number of carbonyl (C=O) groups is 1. The van der Waals surface area contributed by atoms with E-state index in [-0.39, 0.29) is 17.3 Å². The number of nitrogens with zero attached hydrogens (tertiary/aromatic N) is 1. The summed E-state index contributed by atoms with van der Waals surface area (Å²) in [4.78, 5) is 11.5. The molecule has 0 aromatic heterocycles. The van der Waals surface area contributed by atoms with Crippen LogP contribution in [-0.2, 0) is 14.8 Å². The first kappa shape index (κ1) is 16.5. The van der Waals surface area contributed by atoms with Gasteiger partial charge in [0.25, 0.3) is 0 Å². The summed E-state index contributed by atoms with van der Waals surface area (Å²) in [6, 6.07) is 1.74. The molecule has 0 saturated heterocycles. The van der Waals surface area contributed by atoms with Gasteiger partial charge in [0, 0.05) is 19.8 Å². The first-order valence-corrected chi connectivity index (χ1v) is 7.60. The van der Waals surface area contributed by atoms with Gasteiger partial charge in [-0.2, -0.15) is 4.31 Å². The molecule has 0 spiro atoms. The van der Waals surface area contributed by atoms with Gasteiger partial charge in [-0.05, 0) is 37.5 Å². The number of likely N-dealkylation sites (N-methyl/N-ethyl adjacent to an activating group) is 2. The molecule has 3 N–H and O–H groups in total. The van der Waals surface area contributed by atoms with Crippen molar-refractivity contribution < 1.29 is 13.2 Å². The van der Waals surface area contributed by atoms with Gasteiger partial charge in [0.05, 0.1) is 11.4 Å². The Morgan fingerprint density at radius 1 is 1.30 bits per heavy atom. The van der Waals surface area contributed by atoms with Gasteiger partial charge in [0.2, 0.25) is 15.9 Å². The van der Waals surface area contributed by atoms with Gasteiger partial charge < -0.3 is 11.1 Å². The number of hydrogen-bond donors (Lipinski definition) is 2. The summed E-state index contributed by atoms with van der Waals surface area (Å²) in [5, 5.41) is 2.40. The molecule has 7 heteroatoms. The SMILES string of the molecule is CNC(=O)CN(C)S(=O)(=O)c1c(C)cc(C)c(N)c1C. The zero-order chi connectivity index (χ0) is 15.7. The lowest BCUT2D eigenvalue weighted by Crippen LogP contribution is -2.37. The molecular weight excluding hydrogens is 278 g/mol. The Labute approximate surface area is 120 Å². The third-order valence-electron chi connectivity index (χ3n) is 3.27. The number of aryl methyl sites for hydroxylation is 2. The Hall–Kier alpha value is -1.60. The van der Waals surface area contributed by atoms with E-state index >= 15 is 0 Å². The van der Waals surface area contributed by atoms with Crippen molar-refractivity contribution in [1.29, 1.82) is 0 Å². The summed E-state index contributed by atoms with van der Waals surface area (Å²) in [7, 11) is -0.916. The van der Waals surface area contributed by atoms with E-state index in [9.17, 15) is 13.2 Å². The number of nitrogens with one attached hydrogen (secondary N) is 1. The molecule has 0 aliphatic heterocycles. The Balaban J connectivity index is 3.37. The number of amides is 1. The highest BCUT2D eigenvalue weighted by Gasteiger charge is 2.27. The van der Waals surface area contributed by atoms with Crippen LogP contribution in [0.4, 0.5) is 5.69 Å². The summed E-state index contributed by atoms with van der Waals surface area (Å²) in [6.07, 6.45) is 0.